The molecule has 1 aromatic rings. The maximum absolute atomic E-state index is 11.8. The molecule has 0 radical (unpaired) electrons. The molecule has 5 heteroatoms. The van der Waals surface area contributed by atoms with Crippen molar-refractivity contribution >= 4 is 28.9 Å². The first-order chi connectivity index (χ1) is 8.65. The van der Waals surface area contributed by atoms with Crippen LogP contribution in [0.3, 0.4) is 0 Å². The van der Waals surface area contributed by atoms with Crippen molar-refractivity contribution in [1.29, 1.82) is 0 Å². The molecule has 0 amide bonds. The lowest BCUT2D eigenvalue weighted by Gasteiger charge is -2.30. The predicted octanol–water partition coefficient (Wildman–Crippen LogP) is 3.19. The van der Waals surface area contributed by atoms with Gasteiger partial charge in [0.1, 0.15) is 0 Å². The second kappa shape index (κ2) is 5.70. The molecular weight excluding hydrogens is 264 g/mol. The molecule has 1 aromatic carbocycles. The van der Waals surface area contributed by atoms with E-state index >= 15 is 0 Å². The van der Waals surface area contributed by atoms with Crippen LogP contribution in [0.15, 0.2) is 12.1 Å². The highest BCUT2D eigenvalue weighted by Crippen LogP contribution is 2.34. The Morgan fingerprint density at radius 3 is 2.47 bits per heavy atom. The third-order valence-corrected chi connectivity index (χ3v) is 2.87. The van der Waals surface area contributed by atoms with E-state index in [-0.39, 0.29) is 5.41 Å². The topological polar surface area (TPSA) is 55.6 Å². The maximum atomic E-state index is 11.8. The number of halogens is 1. The van der Waals surface area contributed by atoms with Gasteiger partial charge in [-0.2, -0.15) is 0 Å². The van der Waals surface area contributed by atoms with Crippen LogP contribution in [-0.4, -0.2) is 26.7 Å². The lowest BCUT2D eigenvalue weighted by molar-refractivity contribution is 0.0601. The van der Waals surface area contributed by atoms with Gasteiger partial charge in [0.05, 0.1) is 23.4 Å². The number of esters is 1. The highest BCUT2D eigenvalue weighted by molar-refractivity contribution is 6.34. The fourth-order valence-corrected chi connectivity index (χ4v) is 2.44. The van der Waals surface area contributed by atoms with Crippen LogP contribution in [-0.2, 0) is 4.74 Å². The Hall–Kier alpha value is -1.42. The fraction of sp³-hybridized carbons (Fsp3) is 0.500. The van der Waals surface area contributed by atoms with Crippen molar-refractivity contribution in [2.45, 2.75) is 20.8 Å². The van der Waals surface area contributed by atoms with E-state index in [1.807, 2.05) is 11.9 Å². The molecular formula is C14H21ClN2O2. The Morgan fingerprint density at radius 1 is 1.42 bits per heavy atom. The summed E-state index contributed by atoms with van der Waals surface area (Å²) in [4.78, 5) is 13.8. The summed E-state index contributed by atoms with van der Waals surface area (Å²) in [6, 6.07) is 3.23. The van der Waals surface area contributed by atoms with Crippen LogP contribution in [0.25, 0.3) is 0 Å². The number of carbonyl (C=O) groups is 1. The molecule has 0 unspecified atom stereocenters. The Labute approximate surface area is 119 Å². The van der Waals surface area contributed by atoms with Gasteiger partial charge < -0.3 is 15.4 Å². The average molecular weight is 285 g/mol. The molecule has 1 rings (SSSR count). The van der Waals surface area contributed by atoms with E-state index in [4.69, 9.17) is 22.1 Å². The van der Waals surface area contributed by atoms with Crippen LogP contribution in [0.4, 0.5) is 11.4 Å². The Morgan fingerprint density at radius 2 is 2.00 bits per heavy atom. The van der Waals surface area contributed by atoms with Gasteiger partial charge in [-0.1, -0.05) is 32.4 Å². The van der Waals surface area contributed by atoms with Crippen molar-refractivity contribution in [3.8, 4) is 0 Å². The zero-order valence-corrected chi connectivity index (χ0v) is 12.8. The number of hydrogen-bond acceptors (Lipinski definition) is 4. The van der Waals surface area contributed by atoms with Crippen molar-refractivity contribution in [2.24, 2.45) is 5.41 Å². The van der Waals surface area contributed by atoms with Crippen LogP contribution >= 0.6 is 11.6 Å². The monoisotopic (exact) mass is 284 g/mol. The van der Waals surface area contributed by atoms with Crippen LogP contribution < -0.4 is 10.6 Å². The summed E-state index contributed by atoms with van der Waals surface area (Å²) in [7, 11) is 3.24. The molecule has 0 heterocycles. The summed E-state index contributed by atoms with van der Waals surface area (Å²) in [5.74, 6) is -0.440. The largest absolute Gasteiger partial charge is 0.465 e. The van der Waals surface area contributed by atoms with Gasteiger partial charge in [-0.05, 0) is 17.5 Å². The summed E-state index contributed by atoms with van der Waals surface area (Å²) in [5, 5.41) is 0.451. The third kappa shape index (κ3) is 4.03. The van der Waals surface area contributed by atoms with Gasteiger partial charge in [-0.3, -0.25) is 0 Å². The smallest absolute Gasteiger partial charge is 0.340 e. The first kappa shape index (κ1) is 15.6. The Kier molecular flexibility index (Phi) is 4.69. The first-order valence-corrected chi connectivity index (χ1v) is 6.42. The number of nitrogen functional groups attached to an aromatic ring is 1. The van der Waals surface area contributed by atoms with E-state index in [0.717, 1.165) is 6.54 Å². The quantitative estimate of drug-likeness (QED) is 0.684. The van der Waals surface area contributed by atoms with Crippen molar-refractivity contribution in [3.05, 3.63) is 22.7 Å². The number of carbonyl (C=O) groups excluding carboxylic acids is 1. The van der Waals surface area contributed by atoms with Gasteiger partial charge in [-0.25, -0.2) is 4.79 Å². The van der Waals surface area contributed by atoms with Crippen molar-refractivity contribution < 1.29 is 9.53 Å². The number of anilines is 2. The second-order valence-electron chi connectivity index (χ2n) is 5.81. The van der Waals surface area contributed by atoms with Gasteiger partial charge in [0, 0.05) is 19.3 Å². The van der Waals surface area contributed by atoms with E-state index in [0.29, 0.717) is 22.0 Å². The number of nitrogens with two attached hydrogens (primary N) is 1. The number of methoxy groups -OCH3 is 1. The van der Waals surface area contributed by atoms with Crippen molar-refractivity contribution in [2.75, 3.05) is 31.3 Å². The highest BCUT2D eigenvalue weighted by Gasteiger charge is 2.22. The number of rotatable bonds is 3. The summed E-state index contributed by atoms with van der Waals surface area (Å²) < 4.78 is 4.79. The van der Waals surface area contributed by atoms with E-state index in [9.17, 15) is 4.79 Å². The van der Waals surface area contributed by atoms with Gasteiger partial charge in [0.15, 0.2) is 0 Å². The van der Waals surface area contributed by atoms with Gasteiger partial charge in [-0.15, -0.1) is 0 Å². The normalized spacial score (nSPS) is 11.3. The summed E-state index contributed by atoms with van der Waals surface area (Å²) in [5.41, 5.74) is 7.30. The molecule has 0 aliphatic rings. The van der Waals surface area contributed by atoms with Crippen LogP contribution in [0.2, 0.25) is 5.02 Å². The zero-order valence-electron chi connectivity index (χ0n) is 12.1. The van der Waals surface area contributed by atoms with Gasteiger partial charge in [0.25, 0.3) is 0 Å². The standard InChI is InChI=1S/C14H21ClN2O2/c1-14(2,3)8-17(4)12-10(13(18)19-5)6-9(16)7-11(12)15/h6-7H,8,16H2,1-5H3. The van der Waals surface area contributed by atoms with Crippen LogP contribution in [0.1, 0.15) is 31.1 Å². The molecule has 0 aliphatic carbocycles. The molecule has 0 bridgehead atoms. The molecule has 0 saturated heterocycles. The number of benzene rings is 1. The molecule has 4 nitrogen and oxygen atoms in total. The molecule has 19 heavy (non-hydrogen) atoms. The minimum atomic E-state index is -0.440. The second-order valence-corrected chi connectivity index (χ2v) is 6.21. The minimum Gasteiger partial charge on any atom is -0.465 e. The van der Waals surface area contributed by atoms with E-state index in [1.165, 1.54) is 7.11 Å². The SMILES string of the molecule is COC(=O)c1cc(N)cc(Cl)c1N(C)CC(C)(C)C. The fourth-order valence-electron chi connectivity index (χ4n) is 2.06. The molecule has 0 aromatic heterocycles. The predicted molar refractivity (Wildman–Crippen MR) is 79.9 cm³/mol. The Bertz CT molecular complexity index is 481. The lowest BCUT2D eigenvalue weighted by atomic mass is 9.95. The summed E-state index contributed by atoms with van der Waals surface area (Å²) >= 11 is 6.23. The van der Waals surface area contributed by atoms with Crippen molar-refractivity contribution in [3.63, 3.8) is 0 Å². The zero-order chi connectivity index (χ0) is 14.8. The third-order valence-electron chi connectivity index (χ3n) is 2.58. The van der Waals surface area contributed by atoms with Crippen LogP contribution in [0.5, 0.6) is 0 Å². The molecule has 106 valence electrons. The average Bonchev–Trinajstić information content (AvgIpc) is 2.24. The molecule has 0 spiro atoms. The van der Waals surface area contributed by atoms with E-state index < -0.39 is 5.97 Å². The Balaban J connectivity index is 3.28. The molecule has 0 aliphatic heterocycles. The summed E-state index contributed by atoms with van der Waals surface area (Å²) in [6.45, 7) is 7.10. The molecule has 0 fully saturated rings. The maximum Gasteiger partial charge on any atom is 0.340 e. The highest BCUT2D eigenvalue weighted by atomic mass is 35.5. The molecule has 0 atom stereocenters. The van der Waals surface area contributed by atoms with Gasteiger partial charge >= 0.3 is 5.97 Å². The van der Waals surface area contributed by atoms with Crippen LogP contribution in [0, 0.1) is 5.41 Å². The number of hydrogen-bond donors (Lipinski definition) is 1. The molecule has 0 saturated carbocycles. The van der Waals surface area contributed by atoms with E-state index in [1.54, 1.807) is 12.1 Å². The van der Waals surface area contributed by atoms with Crippen molar-refractivity contribution in [1.82, 2.24) is 0 Å². The van der Waals surface area contributed by atoms with Gasteiger partial charge in [0.2, 0.25) is 0 Å². The number of nitrogens with zero attached hydrogens (tertiary/aromatic N) is 1. The molecule has 2 N–H and O–H groups in total. The lowest BCUT2D eigenvalue weighted by Crippen LogP contribution is -2.30. The summed E-state index contributed by atoms with van der Waals surface area (Å²) in [6.07, 6.45) is 0. The minimum absolute atomic E-state index is 0.0762. The first-order valence-electron chi connectivity index (χ1n) is 6.04. The van der Waals surface area contributed by atoms with E-state index in [2.05, 4.69) is 20.8 Å². The number of ether oxygens (including phenoxy) is 1.